The molecule has 2 aromatic rings. The van der Waals surface area contributed by atoms with Crippen LogP contribution >= 0.6 is 23.2 Å². The second-order valence-corrected chi connectivity index (χ2v) is 4.43. The number of halogens is 4. The maximum atomic E-state index is 12.0. The molecule has 1 amide bonds. The number of hydrogen-bond acceptors (Lipinski definition) is 4. The summed E-state index contributed by atoms with van der Waals surface area (Å²) in [5, 5.41) is 2.41. The minimum atomic E-state index is -2.92. The van der Waals surface area contributed by atoms with Crippen molar-refractivity contribution in [1.82, 2.24) is 9.97 Å². The topological polar surface area (TPSA) is 64.1 Å². The van der Waals surface area contributed by atoms with Crippen LogP contribution in [0.15, 0.2) is 30.3 Å². The Morgan fingerprint density at radius 2 is 1.86 bits per heavy atom. The smallest absolute Gasteiger partial charge is 0.387 e. The van der Waals surface area contributed by atoms with Crippen molar-refractivity contribution in [2.75, 3.05) is 5.32 Å². The lowest BCUT2D eigenvalue weighted by Gasteiger charge is -2.07. The average molecular weight is 334 g/mol. The fraction of sp³-hybridized carbons (Fsp3) is 0.0833. The van der Waals surface area contributed by atoms with Crippen molar-refractivity contribution in [3.05, 3.63) is 46.3 Å². The molecule has 5 nitrogen and oxygen atoms in total. The summed E-state index contributed by atoms with van der Waals surface area (Å²) >= 11 is 11.3. The molecule has 0 radical (unpaired) electrons. The second-order valence-electron chi connectivity index (χ2n) is 3.70. The van der Waals surface area contributed by atoms with Crippen LogP contribution in [0.5, 0.6) is 5.75 Å². The minimum Gasteiger partial charge on any atom is -0.435 e. The van der Waals surface area contributed by atoms with E-state index >= 15 is 0 Å². The molecule has 0 saturated carbocycles. The molecule has 0 aliphatic rings. The molecule has 1 aromatic carbocycles. The maximum absolute atomic E-state index is 12.0. The van der Waals surface area contributed by atoms with Crippen LogP contribution in [0.3, 0.4) is 0 Å². The molecule has 0 bridgehead atoms. The molecular formula is C12H7Cl2F2N3O2. The molecule has 0 fully saturated rings. The molecule has 1 N–H and O–H groups in total. The van der Waals surface area contributed by atoms with E-state index in [4.69, 9.17) is 23.2 Å². The molecule has 0 saturated heterocycles. The van der Waals surface area contributed by atoms with Crippen LogP contribution < -0.4 is 10.1 Å². The summed E-state index contributed by atoms with van der Waals surface area (Å²) in [7, 11) is 0. The van der Waals surface area contributed by atoms with Crippen molar-refractivity contribution < 1.29 is 18.3 Å². The molecule has 2 rings (SSSR count). The lowest BCUT2D eigenvalue weighted by atomic mass is 10.2. The van der Waals surface area contributed by atoms with Crippen LogP contribution in [0, 0.1) is 0 Å². The fourth-order valence-electron chi connectivity index (χ4n) is 1.43. The Kier molecular flexibility index (Phi) is 4.87. The zero-order chi connectivity index (χ0) is 15.4. The Bertz CT molecular complexity index is 633. The average Bonchev–Trinajstić information content (AvgIpc) is 2.37. The summed E-state index contributed by atoms with van der Waals surface area (Å²) in [6, 6.07) is 6.48. The van der Waals surface area contributed by atoms with Crippen molar-refractivity contribution in [2.24, 2.45) is 0 Å². The van der Waals surface area contributed by atoms with Crippen LogP contribution in [0.25, 0.3) is 0 Å². The first kappa shape index (κ1) is 15.4. The molecule has 0 aliphatic carbocycles. The number of hydrogen-bond donors (Lipinski definition) is 1. The highest BCUT2D eigenvalue weighted by Crippen LogP contribution is 2.17. The number of carbonyl (C=O) groups is 1. The SMILES string of the molecule is O=C(Nc1cc(Cl)nc(Cl)n1)c1ccc(OC(F)F)cc1. The number of amides is 1. The number of alkyl halides is 2. The number of anilines is 1. The van der Waals surface area contributed by atoms with Gasteiger partial charge in [0.15, 0.2) is 0 Å². The first-order valence-electron chi connectivity index (χ1n) is 5.50. The van der Waals surface area contributed by atoms with Crippen LogP contribution in [-0.4, -0.2) is 22.5 Å². The van der Waals surface area contributed by atoms with Crippen LogP contribution in [0.4, 0.5) is 14.6 Å². The third kappa shape index (κ3) is 4.51. The van der Waals surface area contributed by atoms with E-state index in [-0.39, 0.29) is 27.6 Å². The summed E-state index contributed by atoms with van der Waals surface area (Å²) in [5.74, 6) is -0.433. The highest BCUT2D eigenvalue weighted by atomic mass is 35.5. The highest BCUT2D eigenvalue weighted by Gasteiger charge is 2.10. The second kappa shape index (κ2) is 6.64. The third-order valence-corrected chi connectivity index (χ3v) is 2.61. The van der Waals surface area contributed by atoms with E-state index in [1.54, 1.807) is 0 Å². The van der Waals surface area contributed by atoms with Gasteiger partial charge in [-0.05, 0) is 35.9 Å². The van der Waals surface area contributed by atoms with E-state index in [2.05, 4.69) is 20.0 Å². The predicted molar refractivity (Wildman–Crippen MR) is 73.1 cm³/mol. The summed E-state index contributed by atoms with van der Waals surface area (Å²) in [6.45, 7) is -2.92. The quantitative estimate of drug-likeness (QED) is 0.685. The van der Waals surface area contributed by atoms with Gasteiger partial charge in [0.05, 0.1) is 0 Å². The summed E-state index contributed by atoms with van der Waals surface area (Å²) < 4.78 is 28.2. The van der Waals surface area contributed by atoms with E-state index in [1.165, 1.54) is 30.3 Å². The number of benzene rings is 1. The van der Waals surface area contributed by atoms with E-state index in [9.17, 15) is 13.6 Å². The summed E-state index contributed by atoms with van der Waals surface area (Å²) in [6.07, 6.45) is 0. The van der Waals surface area contributed by atoms with Crippen LogP contribution in [-0.2, 0) is 0 Å². The standard InChI is InChI=1S/C12H7Cl2F2N3O2/c13-8-5-9(19-11(14)17-8)18-10(20)6-1-3-7(4-2-6)21-12(15)16/h1-5,12H,(H,17,18,19,20). The highest BCUT2D eigenvalue weighted by molar-refractivity contribution is 6.32. The summed E-state index contributed by atoms with van der Waals surface area (Å²) in [4.78, 5) is 19.3. The van der Waals surface area contributed by atoms with Gasteiger partial charge in [-0.25, -0.2) is 9.97 Å². The molecule has 1 heterocycles. The number of carbonyl (C=O) groups excluding carboxylic acids is 1. The molecular weight excluding hydrogens is 327 g/mol. The molecule has 0 aliphatic heterocycles. The molecule has 110 valence electrons. The van der Waals surface area contributed by atoms with Gasteiger partial charge in [-0.2, -0.15) is 8.78 Å². The lowest BCUT2D eigenvalue weighted by Crippen LogP contribution is -2.13. The Hall–Kier alpha value is -1.99. The predicted octanol–water partition coefficient (Wildman–Crippen LogP) is 3.64. The van der Waals surface area contributed by atoms with E-state index in [0.717, 1.165) is 0 Å². The zero-order valence-electron chi connectivity index (χ0n) is 10.2. The number of rotatable bonds is 4. The molecule has 21 heavy (non-hydrogen) atoms. The van der Waals surface area contributed by atoms with Gasteiger partial charge in [-0.3, -0.25) is 4.79 Å². The minimum absolute atomic E-state index is 0.0466. The number of nitrogens with zero attached hydrogens (tertiary/aromatic N) is 2. The Morgan fingerprint density at radius 1 is 1.19 bits per heavy atom. The van der Waals surface area contributed by atoms with Gasteiger partial charge in [0, 0.05) is 11.6 Å². The van der Waals surface area contributed by atoms with Gasteiger partial charge in [-0.1, -0.05) is 11.6 Å². The van der Waals surface area contributed by atoms with Gasteiger partial charge in [0.2, 0.25) is 5.28 Å². The summed E-state index contributed by atoms with van der Waals surface area (Å²) in [5.41, 5.74) is 0.225. The van der Waals surface area contributed by atoms with Crippen molar-refractivity contribution in [3.63, 3.8) is 0 Å². The van der Waals surface area contributed by atoms with E-state index < -0.39 is 12.5 Å². The van der Waals surface area contributed by atoms with Crippen molar-refractivity contribution in [1.29, 1.82) is 0 Å². The third-order valence-electron chi connectivity index (χ3n) is 2.25. The molecule has 0 atom stereocenters. The number of nitrogens with one attached hydrogen (secondary N) is 1. The fourth-order valence-corrected chi connectivity index (χ4v) is 1.84. The number of aromatic nitrogens is 2. The van der Waals surface area contributed by atoms with E-state index in [0.29, 0.717) is 0 Å². The molecule has 0 spiro atoms. The van der Waals surface area contributed by atoms with Crippen LogP contribution in [0.2, 0.25) is 10.4 Å². The van der Waals surface area contributed by atoms with Gasteiger partial charge in [0.1, 0.15) is 16.7 Å². The van der Waals surface area contributed by atoms with Gasteiger partial charge >= 0.3 is 6.61 Å². The van der Waals surface area contributed by atoms with Crippen molar-refractivity contribution >= 4 is 34.9 Å². The molecule has 0 unspecified atom stereocenters. The van der Waals surface area contributed by atoms with Gasteiger partial charge in [-0.15, -0.1) is 0 Å². The van der Waals surface area contributed by atoms with Gasteiger partial charge in [0.25, 0.3) is 5.91 Å². The van der Waals surface area contributed by atoms with Crippen LogP contribution in [0.1, 0.15) is 10.4 Å². The van der Waals surface area contributed by atoms with Crippen molar-refractivity contribution in [2.45, 2.75) is 6.61 Å². The Morgan fingerprint density at radius 3 is 2.43 bits per heavy atom. The monoisotopic (exact) mass is 333 g/mol. The molecule has 9 heteroatoms. The maximum Gasteiger partial charge on any atom is 0.387 e. The van der Waals surface area contributed by atoms with Crippen molar-refractivity contribution in [3.8, 4) is 5.75 Å². The largest absolute Gasteiger partial charge is 0.435 e. The first-order valence-corrected chi connectivity index (χ1v) is 6.26. The lowest BCUT2D eigenvalue weighted by molar-refractivity contribution is -0.0498. The normalized spacial score (nSPS) is 10.5. The number of ether oxygens (including phenoxy) is 1. The van der Waals surface area contributed by atoms with E-state index in [1.807, 2.05) is 0 Å². The zero-order valence-corrected chi connectivity index (χ0v) is 11.7. The Labute approximate surface area is 127 Å². The van der Waals surface area contributed by atoms with Gasteiger partial charge < -0.3 is 10.1 Å². The first-order chi connectivity index (χ1) is 9.94. The molecule has 1 aromatic heterocycles. The Balaban J connectivity index is 2.09.